The number of fused-ring (bicyclic) bond motifs is 3. The van der Waals surface area contributed by atoms with E-state index in [1.165, 1.54) is 66.9 Å². The first-order valence-electron chi connectivity index (χ1n) is 46.3. The van der Waals surface area contributed by atoms with Gasteiger partial charge in [-0.05, 0) is 163 Å². The number of thioether (sulfide) groups is 1. The fourth-order valence-electron chi connectivity index (χ4n) is 17.6. The molecule has 0 radical (unpaired) electrons. The fourth-order valence-corrected chi connectivity index (χ4v) is 22.0. The summed E-state index contributed by atoms with van der Waals surface area (Å²) in [5.41, 5.74) is 4.59. The highest BCUT2D eigenvalue weighted by atomic mass is 127. The number of halogens is 1. The van der Waals surface area contributed by atoms with E-state index in [1.807, 2.05) is 67.6 Å². The van der Waals surface area contributed by atoms with Gasteiger partial charge in [-0.3, -0.25) is 52.9 Å². The molecule has 34 nitrogen and oxygen atoms in total. The smallest absolute Gasteiger partial charge is 0.407 e. The van der Waals surface area contributed by atoms with Gasteiger partial charge < -0.3 is 103 Å². The van der Waals surface area contributed by atoms with E-state index >= 15 is 0 Å². The number of imide groups is 1. The predicted octanol–water partition coefficient (Wildman–Crippen LogP) is 10.2. The monoisotopic (exact) mass is 2070 g/mol. The first-order valence-corrected chi connectivity index (χ1v) is 50.6. The van der Waals surface area contributed by atoms with Crippen molar-refractivity contribution in [3.05, 3.63) is 121 Å². The molecule has 5 fully saturated rings. The second-order valence-corrected chi connectivity index (χ2v) is 41.9. The van der Waals surface area contributed by atoms with Crippen molar-refractivity contribution < 1.29 is 135 Å². The van der Waals surface area contributed by atoms with E-state index in [0.717, 1.165) is 28.2 Å². The van der Waals surface area contributed by atoms with Crippen molar-refractivity contribution in [1.82, 2.24) is 26.0 Å². The SMILES string of the molecule is COC(=O)CC1=C2/C(=C/CSSC(C)(C)CCC(=O)CCCNC(=O)OCc3ccc(NC(=O)[C@H](C)CC(=O)[C@H](Cc4c[nH]c5ccccc45)NC(=O)CCCCCN4C(=O)CC(C)C4=O)cc3)[C@](O)(C#C/C=C\C#C[C@@H]2OC2OC(C)C(NOC3CC(O)C(SC(=O)c4c(C)c(I)c(OC5OC(C)C(O)C(OC)C5O)c(C)c4OC)C(C)O3)C(O)C2OC2CC(C)C(CC(C)=O)CO2)CC1=O. The van der Waals surface area contributed by atoms with E-state index in [1.54, 1.807) is 85.0 Å². The van der Waals surface area contributed by atoms with Crippen LogP contribution in [-0.2, 0) is 104 Å². The molecule has 10 N–H and O–H groups in total. The van der Waals surface area contributed by atoms with Crippen LogP contribution < -0.4 is 30.9 Å². The number of aromatic nitrogens is 1. The molecule has 2 bridgehead atoms. The van der Waals surface area contributed by atoms with E-state index < -0.39 is 162 Å². The van der Waals surface area contributed by atoms with Gasteiger partial charge in [-0.25, -0.2) is 4.79 Å². The number of aromatic amines is 1. The molecule has 137 heavy (non-hydrogen) atoms. The third-order valence-electron chi connectivity index (χ3n) is 25.6. The number of esters is 1. The minimum atomic E-state index is -2.18. The summed E-state index contributed by atoms with van der Waals surface area (Å²) in [7, 11) is 6.79. The number of nitrogens with zero attached hydrogens (tertiary/aromatic N) is 1. The quantitative estimate of drug-likeness (QED) is 0.00374. The normalized spacial score (nSPS) is 28.2. The lowest BCUT2D eigenvalue weighted by Crippen LogP contribution is -2.64. The number of ketones is 4. The number of hydroxylamine groups is 1. The predicted molar refractivity (Wildman–Crippen MR) is 518 cm³/mol. The zero-order valence-corrected chi connectivity index (χ0v) is 84.2. The molecule has 7 aliphatic rings. The van der Waals surface area contributed by atoms with Gasteiger partial charge in [0.25, 0.3) is 0 Å². The van der Waals surface area contributed by atoms with Gasteiger partial charge in [0.05, 0.1) is 84.6 Å². The standard InChI is InChI=1S/C99H127IN6O28S3/c1-52-43-78(126-51-63(52)44-55(4)107)132-90-85(116)83(105-134-79-47-72(110)91(60(9)128-79)136-94(120)80-56(5)82(100)88(57(6)87(80)124-13)133-95-86(117)89(125-14)84(115)59(8)130-95)58(7)129-96(90)131-74-28-18-15-16-22-36-99(122)48-73(111)67(46-77(114)123-12)81(74)68(99)35-40-135-137-98(10,11)37-34-65(108)25-24-38-101-97(121)127-50-61-30-32-64(33-31-61)103-92(118)53(2)41-71(109)70(45-62-49-102-69-27-21-20-26-66(62)69)104-75(112)29-19-17-23-39-106-76(113)42-54(3)93(106)119/h15-16,20-21,26-27,30-33,35,49,52-54,58-60,63,70,72,74,78-79,83-86,89-91,95-96,102,105,110,115-117,122H,17,19,23-25,29,34,37-48,50-51H2,1-14H3,(H,101,121)(H,103,118)(H,104,112)/b16-15-,68-35-/t52?,53-,54?,58?,59?,60?,63?,70+,72?,74+,78?,79?,83?,84?,85?,86?,89?,90?,91?,95?,96?,99+/m1/s1. The number of nitrogens with one attached hydrogen (secondary N) is 5. The van der Waals surface area contributed by atoms with Gasteiger partial charge in [0.2, 0.25) is 35.0 Å². The van der Waals surface area contributed by atoms with Crippen molar-refractivity contribution in [1.29, 1.82) is 0 Å². The number of allylic oxidation sites excluding steroid dienone is 2. The topological polar surface area (TPSA) is 467 Å². The summed E-state index contributed by atoms with van der Waals surface area (Å²) in [5, 5.41) is 67.3. The highest BCUT2D eigenvalue weighted by Crippen LogP contribution is 2.47. The van der Waals surface area contributed by atoms with Gasteiger partial charge in [-0.2, -0.15) is 5.48 Å². The van der Waals surface area contributed by atoms with Gasteiger partial charge in [0.1, 0.15) is 66.3 Å². The number of hydrogen-bond donors (Lipinski definition) is 10. The Labute approximate surface area is 823 Å². The van der Waals surface area contributed by atoms with Crippen LogP contribution >= 0.6 is 55.9 Å². The van der Waals surface area contributed by atoms with E-state index in [9.17, 15) is 78.3 Å². The number of amides is 5. The number of carbonyl (C=O) groups is 11. The van der Waals surface area contributed by atoms with Crippen LogP contribution in [0, 0.1) is 64.8 Å². The molecule has 0 saturated carbocycles. The lowest BCUT2D eigenvalue weighted by atomic mass is 9.72. The Kier molecular flexibility index (Phi) is 40.0. The number of carbonyl (C=O) groups excluding carboxylic acids is 11. The van der Waals surface area contributed by atoms with Crippen LogP contribution in [0.5, 0.6) is 11.5 Å². The van der Waals surface area contributed by atoms with E-state index in [4.69, 9.17) is 56.9 Å². The maximum Gasteiger partial charge on any atom is 0.407 e. The van der Waals surface area contributed by atoms with Gasteiger partial charge >= 0.3 is 12.1 Å². The molecule has 4 aromatic rings. The van der Waals surface area contributed by atoms with Crippen LogP contribution in [0.3, 0.4) is 0 Å². The molecule has 5 amide bonds. The molecule has 6 heterocycles. The molecular formula is C99H127IN6O28S3. The highest BCUT2D eigenvalue weighted by Gasteiger charge is 2.53. The molecule has 38 heteroatoms. The summed E-state index contributed by atoms with van der Waals surface area (Å²) in [6.07, 6.45) is -8.97. The van der Waals surface area contributed by atoms with Gasteiger partial charge in [-0.15, -0.1) is 0 Å². The Hall–Kier alpha value is -8.47. The van der Waals surface area contributed by atoms with Crippen LogP contribution in [0.15, 0.2) is 89.7 Å². The van der Waals surface area contributed by atoms with Gasteiger partial charge in [0.15, 0.2) is 36.0 Å². The number of alkyl carbamates (subject to hydrolysis) is 1. The Balaban J connectivity index is 0.668. The van der Waals surface area contributed by atoms with Crippen molar-refractivity contribution in [2.75, 3.05) is 52.1 Å². The third kappa shape index (κ3) is 28.7. The van der Waals surface area contributed by atoms with Crippen molar-refractivity contribution in [2.24, 2.45) is 23.7 Å². The molecule has 3 aromatic carbocycles. The third-order valence-corrected chi connectivity index (χ3v) is 31.5. The lowest BCUT2D eigenvalue weighted by molar-refractivity contribution is -0.335. The number of anilines is 1. The van der Waals surface area contributed by atoms with E-state index in [2.05, 4.69) is 50.1 Å². The van der Waals surface area contributed by atoms with Crippen molar-refractivity contribution in [2.45, 2.75) is 299 Å². The molecule has 5 saturated heterocycles. The summed E-state index contributed by atoms with van der Waals surface area (Å²) in [6, 6.07) is 12.2. The Bertz CT molecular complexity index is 5240. The molecule has 11 rings (SSSR count). The van der Waals surface area contributed by atoms with Gasteiger partial charge in [0, 0.05) is 145 Å². The first-order chi connectivity index (χ1) is 65.2. The maximum absolute atomic E-state index is 14.6. The Morgan fingerprint density at radius 2 is 1.55 bits per heavy atom. The van der Waals surface area contributed by atoms with Crippen LogP contribution in [0.1, 0.15) is 191 Å². The average molecular weight is 2070 g/mol. The van der Waals surface area contributed by atoms with Crippen LogP contribution in [0.2, 0.25) is 0 Å². The number of hydrogen-bond acceptors (Lipinski definition) is 32. The Morgan fingerprint density at radius 3 is 2.26 bits per heavy atom. The zero-order valence-electron chi connectivity index (χ0n) is 79.6. The number of rotatable bonds is 44. The lowest BCUT2D eigenvalue weighted by Gasteiger charge is -2.46. The molecule has 18 unspecified atom stereocenters. The number of para-hydroxylation sites is 1. The fraction of sp³-hybridized carbons (Fsp3) is 0.586. The van der Waals surface area contributed by atoms with Gasteiger partial charge in [-0.1, -0.05) is 121 Å². The summed E-state index contributed by atoms with van der Waals surface area (Å²) >= 11 is 2.89. The molecule has 1 aromatic heterocycles. The van der Waals surface area contributed by atoms with E-state index in [-0.39, 0.29) is 170 Å². The first kappa shape index (κ1) is 109. The minimum Gasteiger partial charge on any atom is -0.496 e. The second kappa shape index (κ2) is 50.3. The number of ether oxygens (including phenoxy) is 11. The number of aliphatic hydroxyl groups is 5. The number of aliphatic hydroxyl groups excluding tert-OH is 4. The molecule has 22 atom stereocenters. The van der Waals surface area contributed by atoms with Crippen LogP contribution in [0.4, 0.5) is 10.5 Å². The van der Waals surface area contributed by atoms with Crippen molar-refractivity contribution >= 4 is 136 Å². The molecule has 746 valence electrons. The second-order valence-electron chi connectivity index (χ2n) is 36.6. The van der Waals surface area contributed by atoms with Crippen LogP contribution in [0.25, 0.3) is 10.9 Å². The average Bonchev–Trinajstić information content (AvgIpc) is 0.896. The number of Topliss-reactive ketones (excluding diaryl/α,β-unsaturated/α-hetero) is 4. The Morgan fingerprint density at radius 1 is 0.818 bits per heavy atom. The molecule has 2 aliphatic carbocycles. The van der Waals surface area contributed by atoms with Crippen molar-refractivity contribution in [3.8, 4) is 35.2 Å². The molecular weight excluding hydrogens is 1940 g/mol. The number of unbranched alkanes of at least 4 members (excludes halogenated alkanes) is 2. The maximum atomic E-state index is 14.6. The number of methoxy groups -OCH3 is 3. The highest BCUT2D eigenvalue weighted by molar-refractivity contribution is 14.1. The molecule has 5 aliphatic heterocycles. The van der Waals surface area contributed by atoms with Crippen molar-refractivity contribution in [3.63, 3.8) is 0 Å². The minimum absolute atomic E-state index is 0.00443. The number of likely N-dealkylation sites (tertiary alicyclic amines) is 1. The largest absolute Gasteiger partial charge is 0.496 e. The molecule has 0 spiro atoms. The summed E-state index contributed by atoms with van der Waals surface area (Å²) in [6.45, 7) is 19.6. The zero-order chi connectivity index (χ0) is 99.4. The summed E-state index contributed by atoms with van der Waals surface area (Å²) in [4.78, 5) is 158. The number of benzene rings is 3. The van der Waals surface area contributed by atoms with E-state index in [0.29, 0.717) is 64.6 Å². The summed E-state index contributed by atoms with van der Waals surface area (Å²) in [5.74, 6) is 7.99. The number of H-pyrrole nitrogens is 1. The van der Waals surface area contributed by atoms with Crippen LogP contribution in [-0.4, -0.2) is 260 Å². The summed E-state index contributed by atoms with van der Waals surface area (Å²) < 4.78 is 66.9.